The monoisotopic (exact) mass is 296 g/mol. The summed E-state index contributed by atoms with van der Waals surface area (Å²) in [5.74, 6) is 0.986. The van der Waals surface area contributed by atoms with Crippen LogP contribution in [-0.4, -0.2) is 31.4 Å². The summed E-state index contributed by atoms with van der Waals surface area (Å²) in [5, 5.41) is 23.9. The minimum absolute atomic E-state index is 0.341. The van der Waals surface area contributed by atoms with Gasteiger partial charge in [0.15, 0.2) is 11.5 Å². The standard InChI is InChI=1S/C15H16N6O/c16-8-13-15(18-4-3-17-13)20-5-6-21-11(9-20)7-12(19-21)14(22)10-1-2-10/h3-4,7,10,14,22H,1-2,5-6,9H2. The molecular weight excluding hydrogens is 280 g/mol. The Labute approximate surface area is 127 Å². The number of hydrogen-bond acceptors (Lipinski definition) is 6. The molecule has 0 aromatic carbocycles. The van der Waals surface area contributed by atoms with E-state index in [-0.39, 0.29) is 0 Å². The van der Waals surface area contributed by atoms with Crippen molar-refractivity contribution in [2.75, 3.05) is 11.4 Å². The minimum atomic E-state index is -0.447. The van der Waals surface area contributed by atoms with E-state index in [0.29, 0.717) is 30.5 Å². The summed E-state index contributed by atoms with van der Waals surface area (Å²) < 4.78 is 1.94. The van der Waals surface area contributed by atoms with E-state index in [4.69, 9.17) is 5.26 Å². The van der Waals surface area contributed by atoms with Gasteiger partial charge in [0.1, 0.15) is 12.2 Å². The maximum Gasteiger partial charge on any atom is 0.183 e. The van der Waals surface area contributed by atoms with Gasteiger partial charge in [-0.25, -0.2) is 9.97 Å². The molecule has 7 heteroatoms. The highest BCUT2D eigenvalue weighted by molar-refractivity contribution is 5.50. The molecule has 1 N–H and O–H groups in total. The summed E-state index contributed by atoms with van der Waals surface area (Å²) in [6, 6.07) is 4.06. The van der Waals surface area contributed by atoms with Gasteiger partial charge in [-0.15, -0.1) is 0 Å². The first kappa shape index (κ1) is 13.2. The van der Waals surface area contributed by atoms with Crippen LogP contribution in [0.3, 0.4) is 0 Å². The third kappa shape index (κ3) is 2.22. The van der Waals surface area contributed by atoms with Gasteiger partial charge in [0.25, 0.3) is 0 Å². The Hall–Kier alpha value is -2.46. The molecule has 1 aliphatic heterocycles. The molecule has 0 spiro atoms. The van der Waals surface area contributed by atoms with Gasteiger partial charge in [-0.05, 0) is 24.8 Å². The lowest BCUT2D eigenvalue weighted by Crippen LogP contribution is -2.35. The van der Waals surface area contributed by atoms with E-state index < -0.39 is 6.10 Å². The zero-order chi connectivity index (χ0) is 15.1. The second-order valence-corrected chi connectivity index (χ2v) is 5.83. The second-order valence-electron chi connectivity index (χ2n) is 5.83. The van der Waals surface area contributed by atoms with Crippen LogP contribution in [0.25, 0.3) is 0 Å². The maximum atomic E-state index is 10.2. The van der Waals surface area contributed by atoms with Crippen molar-refractivity contribution in [3.8, 4) is 6.07 Å². The lowest BCUT2D eigenvalue weighted by atomic mass is 10.1. The lowest BCUT2D eigenvalue weighted by Gasteiger charge is -2.28. The highest BCUT2D eigenvalue weighted by atomic mass is 16.3. The molecule has 112 valence electrons. The molecule has 1 unspecified atom stereocenters. The van der Waals surface area contributed by atoms with Gasteiger partial charge in [0, 0.05) is 18.9 Å². The predicted molar refractivity (Wildman–Crippen MR) is 77.7 cm³/mol. The van der Waals surface area contributed by atoms with E-state index in [9.17, 15) is 5.11 Å². The molecule has 2 aromatic heterocycles. The average molecular weight is 296 g/mol. The molecule has 1 aliphatic carbocycles. The number of aromatic nitrogens is 4. The molecule has 4 rings (SSSR count). The van der Waals surface area contributed by atoms with Crippen molar-refractivity contribution < 1.29 is 5.11 Å². The van der Waals surface area contributed by atoms with Crippen LogP contribution in [0.15, 0.2) is 18.5 Å². The van der Waals surface area contributed by atoms with Crippen molar-refractivity contribution in [1.82, 2.24) is 19.7 Å². The molecule has 0 radical (unpaired) electrons. The predicted octanol–water partition coefficient (Wildman–Crippen LogP) is 1.01. The lowest BCUT2D eigenvalue weighted by molar-refractivity contribution is 0.148. The summed E-state index contributed by atoms with van der Waals surface area (Å²) in [6.45, 7) is 2.06. The molecule has 2 aliphatic rings. The highest BCUT2D eigenvalue weighted by Gasteiger charge is 2.33. The molecule has 2 aromatic rings. The Morgan fingerprint density at radius 2 is 2.09 bits per heavy atom. The van der Waals surface area contributed by atoms with E-state index in [0.717, 1.165) is 30.8 Å². The zero-order valence-corrected chi connectivity index (χ0v) is 12.1. The van der Waals surface area contributed by atoms with E-state index in [1.54, 1.807) is 6.20 Å². The molecule has 1 atom stereocenters. The van der Waals surface area contributed by atoms with Crippen LogP contribution < -0.4 is 4.90 Å². The van der Waals surface area contributed by atoms with E-state index in [1.165, 1.54) is 6.20 Å². The van der Waals surface area contributed by atoms with Gasteiger partial charge in [0.05, 0.1) is 24.5 Å². The Bertz CT molecular complexity index is 745. The summed E-state index contributed by atoms with van der Waals surface area (Å²) in [7, 11) is 0. The number of aliphatic hydroxyl groups excluding tert-OH is 1. The van der Waals surface area contributed by atoms with Gasteiger partial charge in [-0.1, -0.05) is 0 Å². The fourth-order valence-electron chi connectivity index (χ4n) is 2.91. The van der Waals surface area contributed by atoms with Crippen LogP contribution in [0.2, 0.25) is 0 Å². The van der Waals surface area contributed by atoms with Crippen LogP contribution in [0, 0.1) is 17.2 Å². The average Bonchev–Trinajstić information content (AvgIpc) is 3.32. The first-order valence-electron chi connectivity index (χ1n) is 7.47. The summed E-state index contributed by atoms with van der Waals surface area (Å²) in [5.41, 5.74) is 2.14. The zero-order valence-electron chi connectivity index (χ0n) is 12.1. The molecule has 1 fully saturated rings. The largest absolute Gasteiger partial charge is 0.386 e. The van der Waals surface area contributed by atoms with Gasteiger partial charge in [0.2, 0.25) is 0 Å². The van der Waals surface area contributed by atoms with Crippen LogP contribution in [0.1, 0.15) is 36.0 Å². The number of fused-ring (bicyclic) bond motifs is 1. The topological polar surface area (TPSA) is 90.9 Å². The van der Waals surface area contributed by atoms with Crippen molar-refractivity contribution in [2.24, 2.45) is 5.92 Å². The summed E-state index contributed by atoms with van der Waals surface area (Å²) >= 11 is 0. The molecule has 3 heterocycles. The van der Waals surface area contributed by atoms with Crippen LogP contribution in [0.5, 0.6) is 0 Å². The Morgan fingerprint density at radius 1 is 1.27 bits per heavy atom. The molecule has 0 bridgehead atoms. The van der Waals surface area contributed by atoms with Crippen molar-refractivity contribution in [3.05, 3.63) is 35.5 Å². The number of aliphatic hydroxyl groups is 1. The maximum absolute atomic E-state index is 10.2. The van der Waals surface area contributed by atoms with Crippen LogP contribution in [-0.2, 0) is 13.1 Å². The third-order valence-corrected chi connectivity index (χ3v) is 4.27. The van der Waals surface area contributed by atoms with Gasteiger partial charge in [-0.3, -0.25) is 4.68 Å². The van der Waals surface area contributed by atoms with E-state index >= 15 is 0 Å². The smallest absolute Gasteiger partial charge is 0.183 e. The fourth-order valence-corrected chi connectivity index (χ4v) is 2.91. The molecule has 7 nitrogen and oxygen atoms in total. The van der Waals surface area contributed by atoms with Gasteiger partial charge >= 0.3 is 0 Å². The minimum Gasteiger partial charge on any atom is -0.386 e. The Balaban J connectivity index is 1.60. The van der Waals surface area contributed by atoms with Crippen molar-refractivity contribution >= 4 is 5.82 Å². The summed E-state index contributed by atoms with van der Waals surface area (Å²) in [4.78, 5) is 10.4. The number of nitriles is 1. The SMILES string of the molecule is N#Cc1nccnc1N1CCn2nc(C(O)C3CC3)cc2C1. The second kappa shape index (κ2) is 5.07. The van der Waals surface area contributed by atoms with Crippen LogP contribution in [0.4, 0.5) is 5.82 Å². The molecule has 22 heavy (non-hydrogen) atoms. The third-order valence-electron chi connectivity index (χ3n) is 4.27. The molecule has 0 amide bonds. The number of rotatable bonds is 3. The summed E-state index contributed by atoms with van der Waals surface area (Å²) in [6.07, 6.45) is 4.85. The van der Waals surface area contributed by atoms with Crippen molar-refractivity contribution in [1.29, 1.82) is 5.26 Å². The van der Waals surface area contributed by atoms with Crippen LogP contribution >= 0.6 is 0 Å². The molecule has 1 saturated carbocycles. The number of hydrogen-bond donors (Lipinski definition) is 1. The quantitative estimate of drug-likeness (QED) is 0.909. The number of nitrogens with zero attached hydrogens (tertiary/aromatic N) is 6. The first-order chi connectivity index (χ1) is 10.8. The normalized spacial score (nSPS) is 18.6. The molecule has 0 saturated heterocycles. The van der Waals surface area contributed by atoms with Crippen molar-refractivity contribution in [2.45, 2.75) is 32.0 Å². The highest BCUT2D eigenvalue weighted by Crippen LogP contribution is 2.40. The Morgan fingerprint density at radius 3 is 2.86 bits per heavy atom. The molecular formula is C15H16N6O. The van der Waals surface area contributed by atoms with E-state index in [2.05, 4.69) is 21.1 Å². The van der Waals surface area contributed by atoms with E-state index in [1.807, 2.05) is 15.6 Å². The van der Waals surface area contributed by atoms with Gasteiger partial charge in [-0.2, -0.15) is 10.4 Å². The fraction of sp³-hybridized carbons (Fsp3) is 0.467. The Kier molecular flexibility index (Phi) is 3.05. The number of anilines is 1. The van der Waals surface area contributed by atoms with Gasteiger partial charge < -0.3 is 10.0 Å². The first-order valence-corrected chi connectivity index (χ1v) is 7.47. The van der Waals surface area contributed by atoms with Crippen molar-refractivity contribution in [3.63, 3.8) is 0 Å².